The molecule has 0 aliphatic rings. The Hall–Kier alpha value is -0.650. The molecule has 5 heteroatoms. The molecular formula is C10H14ClNO3. The Balaban J connectivity index is 3.02. The highest BCUT2D eigenvalue weighted by Gasteiger charge is 2.19. The van der Waals surface area contributed by atoms with Crippen LogP contribution in [0.15, 0.2) is 18.2 Å². The lowest BCUT2D eigenvalue weighted by Gasteiger charge is -2.19. The third-order valence-electron chi connectivity index (χ3n) is 2.20. The van der Waals surface area contributed by atoms with E-state index in [-0.39, 0.29) is 13.2 Å². The molecule has 0 bridgehead atoms. The van der Waals surface area contributed by atoms with Crippen LogP contribution in [0.3, 0.4) is 0 Å². The minimum absolute atomic E-state index is 0.0470. The lowest BCUT2D eigenvalue weighted by molar-refractivity contribution is 0.0231. The van der Waals surface area contributed by atoms with E-state index < -0.39 is 12.2 Å². The summed E-state index contributed by atoms with van der Waals surface area (Å²) in [6, 6.07) is 4.70. The van der Waals surface area contributed by atoms with Gasteiger partial charge in [-0.15, -0.1) is 0 Å². The van der Waals surface area contributed by atoms with Crippen LogP contribution in [-0.4, -0.2) is 28.0 Å². The van der Waals surface area contributed by atoms with Crippen molar-refractivity contribution in [1.82, 2.24) is 0 Å². The summed E-state index contributed by atoms with van der Waals surface area (Å²) >= 11 is 5.73. The van der Waals surface area contributed by atoms with Gasteiger partial charge in [-0.2, -0.15) is 0 Å². The Kier molecular flexibility index (Phi) is 4.50. The van der Waals surface area contributed by atoms with E-state index in [9.17, 15) is 10.2 Å². The zero-order chi connectivity index (χ0) is 11.4. The molecule has 0 amide bonds. The second kappa shape index (κ2) is 5.44. The highest BCUT2D eigenvalue weighted by Crippen LogP contribution is 2.24. The van der Waals surface area contributed by atoms with E-state index in [1.54, 1.807) is 18.2 Å². The molecule has 5 N–H and O–H groups in total. The number of hydrogen-bond donors (Lipinski definition) is 4. The van der Waals surface area contributed by atoms with Crippen molar-refractivity contribution in [2.75, 3.05) is 6.54 Å². The molecule has 4 nitrogen and oxygen atoms in total. The van der Waals surface area contributed by atoms with Gasteiger partial charge in [-0.05, 0) is 23.3 Å². The van der Waals surface area contributed by atoms with Crippen LogP contribution in [0, 0.1) is 0 Å². The number of benzene rings is 1. The third-order valence-corrected chi connectivity index (χ3v) is 2.44. The van der Waals surface area contributed by atoms with Crippen molar-refractivity contribution >= 4 is 11.6 Å². The maximum absolute atomic E-state index is 9.71. The molecular weight excluding hydrogens is 218 g/mol. The third kappa shape index (κ3) is 2.90. The molecule has 1 aromatic rings. The Morgan fingerprint density at radius 3 is 2.53 bits per heavy atom. The number of hydrogen-bond acceptors (Lipinski definition) is 4. The highest BCUT2D eigenvalue weighted by molar-refractivity contribution is 6.30. The van der Waals surface area contributed by atoms with Crippen molar-refractivity contribution in [3.05, 3.63) is 34.3 Å². The van der Waals surface area contributed by atoms with Gasteiger partial charge in [0.15, 0.2) is 0 Å². The largest absolute Gasteiger partial charge is 0.392 e. The standard InChI is InChI=1S/C10H14ClNO3/c11-7-1-2-8(6(3-7)5-13)10(15)9(14)4-12/h1-3,9-10,13-15H,4-5,12H2. The SMILES string of the molecule is NCC(O)C(O)c1ccc(Cl)cc1CO. The molecule has 0 saturated heterocycles. The molecule has 0 spiro atoms. The van der Waals surface area contributed by atoms with Crippen molar-refractivity contribution in [3.8, 4) is 0 Å². The van der Waals surface area contributed by atoms with E-state index in [0.29, 0.717) is 16.1 Å². The van der Waals surface area contributed by atoms with Crippen molar-refractivity contribution < 1.29 is 15.3 Å². The first-order chi connectivity index (χ1) is 7.10. The van der Waals surface area contributed by atoms with Gasteiger partial charge in [-0.3, -0.25) is 0 Å². The predicted molar refractivity (Wildman–Crippen MR) is 57.4 cm³/mol. The minimum Gasteiger partial charge on any atom is -0.392 e. The van der Waals surface area contributed by atoms with E-state index in [4.69, 9.17) is 22.4 Å². The van der Waals surface area contributed by atoms with Gasteiger partial charge in [-0.1, -0.05) is 17.7 Å². The first kappa shape index (κ1) is 12.4. The lowest BCUT2D eigenvalue weighted by atomic mass is 9.99. The van der Waals surface area contributed by atoms with Crippen LogP contribution in [0.1, 0.15) is 17.2 Å². The second-order valence-corrected chi connectivity index (χ2v) is 3.69. The molecule has 0 saturated carbocycles. The first-order valence-electron chi connectivity index (χ1n) is 4.55. The van der Waals surface area contributed by atoms with Crippen LogP contribution in [0.25, 0.3) is 0 Å². The zero-order valence-corrected chi connectivity index (χ0v) is 8.85. The van der Waals surface area contributed by atoms with E-state index in [1.807, 2.05) is 0 Å². The molecule has 0 aliphatic heterocycles. The fourth-order valence-electron chi connectivity index (χ4n) is 1.34. The summed E-state index contributed by atoms with van der Waals surface area (Å²) < 4.78 is 0. The van der Waals surface area contributed by atoms with E-state index >= 15 is 0 Å². The normalized spacial score (nSPS) is 15.0. The summed E-state index contributed by atoms with van der Waals surface area (Å²) in [5.74, 6) is 0. The van der Waals surface area contributed by atoms with Crippen molar-refractivity contribution in [1.29, 1.82) is 0 Å². The molecule has 0 aliphatic carbocycles. The number of aliphatic hydroxyl groups excluding tert-OH is 3. The molecule has 2 unspecified atom stereocenters. The molecule has 0 aromatic heterocycles. The highest BCUT2D eigenvalue weighted by atomic mass is 35.5. The summed E-state index contributed by atoms with van der Waals surface area (Å²) in [5.41, 5.74) is 6.17. The van der Waals surface area contributed by atoms with Crippen molar-refractivity contribution in [2.45, 2.75) is 18.8 Å². The van der Waals surface area contributed by atoms with Gasteiger partial charge in [0.1, 0.15) is 6.10 Å². The summed E-state index contributed by atoms with van der Waals surface area (Å²) in [4.78, 5) is 0. The van der Waals surface area contributed by atoms with Crippen molar-refractivity contribution in [3.63, 3.8) is 0 Å². The Morgan fingerprint density at radius 2 is 2.00 bits per heavy atom. The fraction of sp³-hybridized carbons (Fsp3) is 0.400. The fourth-order valence-corrected chi connectivity index (χ4v) is 1.53. The van der Waals surface area contributed by atoms with Crippen LogP contribution in [0.2, 0.25) is 5.02 Å². The van der Waals surface area contributed by atoms with Gasteiger partial charge in [0, 0.05) is 11.6 Å². The molecule has 0 radical (unpaired) electrons. The first-order valence-corrected chi connectivity index (χ1v) is 4.93. The van der Waals surface area contributed by atoms with Gasteiger partial charge in [-0.25, -0.2) is 0 Å². The van der Waals surface area contributed by atoms with Crippen LogP contribution in [-0.2, 0) is 6.61 Å². The van der Waals surface area contributed by atoms with E-state index in [0.717, 1.165) is 0 Å². The van der Waals surface area contributed by atoms with Gasteiger partial charge >= 0.3 is 0 Å². The van der Waals surface area contributed by atoms with E-state index in [2.05, 4.69) is 0 Å². The van der Waals surface area contributed by atoms with E-state index in [1.165, 1.54) is 0 Å². The monoisotopic (exact) mass is 231 g/mol. The topological polar surface area (TPSA) is 86.7 Å². The summed E-state index contributed by atoms with van der Waals surface area (Å²) in [7, 11) is 0. The Labute approximate surface area is 92.9 Å². The second-order valence-electron chi connectivity index (χ2n) is 3.25. The van der Waals surface area contributed by atoms with Gasteiger partial charge in [0.25, 0.3) is 0 Å². The lowest BCUT2D eigenvalue weighted by Crippen LogP contribution is -2.27. The van der Waals surface area contributed by atoms with Crippen LogP contribution < -0.4 is 5.73 Å². The smallest absolute Gasteiger partial charge is 0.106 e. The predicted octanol–water partition coefficient (Wildman–Crippen LogP) is 0.185. The van der Waals surface area contributed by atoms with Gasteiger partial charge in [0.05, 0.1) is 12.7 Å². The molecule has 0 heterocycles. The maximum atomic E-state index is 9.71. The van der Waals surface area contributed by atoms with Gasteiger partial charge < -0.3 is 21.1 Å². The number of nitrogens with two attached hydrogens (primary N) is 1. The molecule has 15 heavy (non-hydrogen) atoms. The maximum Gasteiger partial charge on any atom is 0.106 e. The molecule has 1 aromatic carbocycles. The minimum atomic E-state index is -1.10. The van der Waals surface area contributed by atoms with Crippen LogP contribution in [0.5, 0.6) is 0 Å². The average molecular weight is 232 g/mol. The number of halogens is 1. The average Bonchev–Trinajstić information content (AvgIpc) is 2.26. The quantitative estimate of drug-likeness (QED) is 0.596. The molecule has 1 rings (SSSR count). The number of aliphatic hydroxyl groups is 3. The summed E-state index contributed by atoms with van der Waals surface area (Å²) in [6.07, 6.45) is -2.15. The number of rotatable bonds is 4. The Bertz CT molecular complexity index is 332. The summed E-state index contributed by atoms with van der Waals surface area (Å²) in [6.45, 7) is -0.293. The van der Waals surface area contributed by atoms with Gasteiger partial charge in [0.2, 0.25) is 0 Å². The molecule has 2 atom stereocenters. The Morgan fingerprint density at radius 1 is 1.33 bits per heavy atom. The zero-order valence-electron chi connectivity index (χ0n) is 8.10. The summed E-state index contributed by atoms with van der Waals surface area (Å²) in [5, 5.41) is 28.6. The van der Waals surface area contributed by atoms with Crippen LogP contribution in [0.4, 0.5) is 0 Å². The molecule has 0 fully saturated rings. The van der Waals surface area contributed by atoms with Crippen molar-refractivity contribution in [2.24, 2.45) is 5.73 Å². The van der Waals surface area contributed by atoms with Crippen LogP contribution >= 0.6 is 11.6 Å². The molecule has 84 valence electrons.